The predicted octanol–water partition coefficient (Wildman–Crippen LogP) is 12.4. The minimum Gasteiger partial charge on any atom is -0.378 e. The van der Waals surface area contributed by atoms with E-state index < -0.39 is 49.9 Å². The normalized spacial score (nSPS) is 20.2. The molecule has 62 heavy (non-hydrogen) atoms. The molecule has 2 aliphatic heterocycles. The number of aliphatic imine (C=N–C) groups is 1. The van der Waals surface area contributed by atoms with Crippen LogP contribution in [0.3, 0.4) is 0 Å². The smallest absolute Gasteiger partial charge is 0.336 e. The highest BCUT2D eigenvalue weighted by molar-refractivity contribution is 7.41. The largest absolute Gasteiger partial charge is 0.378 e. The van der Waals surface area contributed by atoms with Crippen LogP contribution in [0.4, 0.5) is 5.69 Å². The lowest BCUT2D eigenvalue weighted by molar-refractivity contribution is -0.177. The molecule has 2 heterocycles. The van der Waals surface area contributed by atoms with Crippen molar-refractivity contribution in [3.63, 3.8) is 0 Å². The predicted molar refractivity (Wildman–Crippen MR) is 248 cm³/mol. The van der Waals surface area contributed by atoms with Gasteiger partial charge in [-0.1, -0.05) is 194 Å². The van der Waals surface area contributed by atoms with Crippen LogP contribution in [0.5, 0.6) is 0 Å². The fourth-order valence-electron chi connectivity index (χ4n) is 8.75. The standard InChI is InChI=1S/C54H51N2O5P/c1-52(2)57-50-51(58-52)54(45-31-19-9-20-32-45,46-33-21-10-22-34-46)61-62(60-53(50,43-27-15-7-16-28-43)44-29-17-8-18-30-44)59-49(42-25-13-6-14-26-42)48(41-23-11-5-12-24-41)55-39-40-35-37-47(38-36-40)56(3)4/h5-39,48-51H,1-4H3/t48-,49+,50+,51+/m0/s1. The van der Waals surface area contributed by atoms with Crippen LogP contribution >= 0.6 is 8.60 Å². The molecule has 0 amide bonds. The molecular weight excluding hydrogens is 788 g/mol. The maximum absolute atomic E-state index is 7.77. The Kier molecular flexibility index (Phi) is 12.0. The summed E-state index contributed by atoms with van der Waals surface area (Å²) >= 11 is 0. The lowest BCUT2D eigenvalue weighted by atomic mass is 9.72. The molecule has 0 aliphatic carbocycles. The third kappa shape index (κ3) is 8.16. The number of benzene rings is 7. The second-order valence-corrected chi connectivity index (χ2v) is 17.4. The zero-order chi connectivity index (χ0) is 42.6. The van der Waals surface area contributed by atoms with Crippen molar-refractivity contribution < 1.29 is 23.0 Å². The van der Waals surface area contributed by atoms with Gasteiger partial charge in [0.15, 0.2) is 17.0 Å². The first-order chi connectivity index (χ1) is 30.3. The first-order valence-corrected chi connectivity index (χ1v) is 22.2. The molecule has 0 spiro atoms. The summed E-state index contributed by atoms with van der Waals surface area (Å²) in [5, 5.41) is 0. The van der Waals surface area contributed by atoms with Gasteiger partial charge in [-0.25, -0.2) is 0 Å². The third-order valence-corrected chi connectivity index (χ3v) is 13.0. The molecule has 7 nitrogen and oxygen atoms in total. The summed E-state index contributed by atoms with van der Waals surface area (Å²) in [4.78, 5) is 7.46. The van der Waals surface area contributed by atoms with Gasteiger partial charge in [0.25, 0.3) is 0 Å². The zero-order valence-corrected chi connectivity index (χ0v) is 36.3. The van der Waals surface area contributed by atoms with Crippen LogP contribution in [0, 0.1) is 0 Å². The van der Waals surface area contributed by atoms with Crippen LogP contribution in [0.15, 0.2) is 211 Å². The van der Waals surface area contributed by atoms with Gasteiger partial charge in [-0.2, -0.15) is 0 Å². The summed E-state index contributed by atoms with van der Waals surface area (Å²) in [6, 6.07) is 69.5. The maximum Gasteiger partial charge on any atom is 0.336 e. The number of anilines is 1. The van der Waals surface area contributed by atoms with Crippen molar-refractivity contribution in [1.82, 2.24) is 0 Å². The van der Waals surface area contributed by atoms with E-state index in [2.05, 4.69) is 102 Å². The van der Waals surface area contributed by atoms with E-state index in [-0.39, 0.29) is 0 Å². The van der Waals surface area contributed by atoms with Gasteiger partial charge in [0.1, 0.15) is 24.4 Å². The van der Waals surface area contributed by atoms with Gasteiger partial charge in [-0.05, 0) is 64.9 Å². The molecule has 0 aromatic heterocycles. The van der Waals surface area contributed by atoms with Crippen molar-refractivity contribution in [3.05, 3.63) is 245 Å². The summed E-state index contributed by atoms with van der Waals surface area (Å²) in [6.07, 6.45) is -0.209. The quantitative estimate of drug-likeness (QED) is 0.0902. The minimum absolute atomic E-state index is 0.512. The molecule has 0 N–H and O–H groups in total. The van der Waals surface area contributed by atoms with Gasteiger partial charge >= 0.3 is 8.60 Å². The Bertz CT molecular complexity index is 2350. The van der Waals surface area contributed by atoms with Gasteiger partial charge in [0.05, 0.1) is 0 Å². The van der Waals surface area contributed by atoms with E-state index in [9.17, 15) is 0 Å². The van der Waals surface area contributed by atoms with Gasteiger partial charge < -0.3 is 18.9 Å². The van der Waals surface area contributed by atoms with E-state index in [0.717, 1.165) is 44.6 Å². The van der Waals surface area contributed by atoms with Crippen LogP contribution in [-0.2, 0) is 34.2 Å². The van der Waals surface area contributed by atoms with Gasteiger partial charge in [-0.3, -0.25) is 14.0 Å². The molecule has 9 rings (SSSR count). The Balaban J connectivity index is 1.28. The van der Waals surface area contributed by atoms with Crippen molar-refractivity contribution >= 4 is 20.5 Å². The van der Waals surface area contributed by atoms with E-state index in [1.54, 1.807) is 0 Å². The monoisotopic (exact) mass is 838 g/mol. The Morgan fingerprint density at radius 2 is 0.887 bits per heavy atom. The van der Waals surface area contributed by atoms with Crippen molar-refractivity contribution in [2.45, 2.75) is 55.2 Å². The van der Waals surface area contributed by atoms with Crippen LogP contribution in [0.25, 0.3) is 0 Å². The number of hydrogen-bond donors (Lipinski definition) is 0. The number of ether oxygens (including phenoxy) is 2. The summed E-state index contributed by atoms with van der Waals surface area (Å²) in [5.41, 5.74) is 4.96. The van der Waals surface area contributed by atoms with Crippen molar-refractivity contribution in [1.29, 1.82) is 0 Å². The first-order valence-electron chi connectivity index (χ1n) is 21.1. The molecule has 312 valence electrons. The van der Waals surface area contributed by atoms with E-state index in [1.165, 1.54) is 0 Å². The van der Waals surface area contributed by atoms with Crippen LogP contribution in [-0.4, -0.2) is 38.3 Å². The van der Waals surface area contributed by atoms with E-state index in [0.29, 0.717) is 0 Å². The Labute approximate surface area is 366 Å². The van der Waals surface area contributed by atoms with Crippen LogP contribution in [0.2, 0.25) is 0 Å². The molecular formula is C54H51N2O5P. The lowest BCUT2D eigenvalue weighted by Crippen LogP contribution is -2.53. The van der Waals surface area contributed by atoms with E-state index >= 15 is 0 Å². The minimum atomic E-state index is -2.33. The fraction of sp³-hybridized carbons (Fsp3) is 0.204. The van der Waals surface area contributed by atoms with Gasteiger partial charge in [-0.15, -0.1) is 0 Å². The maximum atomic E-state index is 7.77. The van der Waals surface area contributed by atoms with Gasteiger partial charge in [0.2, 0.25) is 0 Å². The number of hydrogen-bond acceptors (Lipinski definition) is 7. The summed E-state index contributed by atoms with van der Waals surface area (Å²) in [7, 11) is 1.75. The molecule has 0 bridgehead atoms. The van der Waals surface area contributed by atoms with Crippen molar-refractivity contribution in [3.8, 4) is 0 Å². The Morgan fingerprint density at radius 1 is 0.516 bits per heavy atom. The highest BCUT2D eigenvalue weighted by Crippen LogP contribution is 2.66. The molecule has 2 saturated heterocycles. The molecule has 0 unspecified atom stereocenters. The SMILES string of the molecule is CN(C)c1ccc(C=N[C@@H](c2ccccc2)[C@H](OP2OC(c3ccccc3)(c3ccccc3)[C@@H]3OC(C)(C)O[C@H]3C(c3ccccc3)(c3ccccc3)O2)c2ccccc2)cc1. The van der Waals surface area contributed by atoms with Crippen molar-refractivity contribution in [2.75, 3.05) is 19.0 Å². The van der Waals surface area contributed by atoms with E-state index in [4.69, 9.17) is 28.0 Å². The fourth-order valence-corrected chi connectivity index (χ4v) is 10.4. The second-order valence-electron chi connectivity index (χ2n) is 16.4. The Hall–Kier alpha value is -5.76. The van der Waals surface area contributed by atoms with E-state index in [1.807, 2.05) is 143 Å². The lowest BCUT2D eigenvalue weighted by Gasteiger charge is -2.41. The molecule has 4 atom stereocenters. The zero-order valence-electron chi connectivity index (χ0n) is 35.4. The van der Waals surface area contributed by atoms with Gasteiger partial charge in [0, 0.05) is 26.0 Å². The molecule has 2 fully saturated rings. The highest BCUT2D eigenvalue weighted by Gasteiger charge is 2.67. The number of fused-ring (bicyclic) bond motifs is 1. The summed E-state index contributed by atoms with van der Waals surface area (Å²) in [6.45, 7) is 3.93. The Morgan fingerprint density at radius 3 is 1.27 bits per heavy atom. The summed E-state index contributed by atoms with van der Waals surface area (Å²) < 4.78 is 37.6. The number of rotatable bonds is 12. The average molecular weight is 839 g/mol. The molecule has 2 aliphatic rings. The molecule has 0 radical (unpaired) electrons. The third-order valence-electron chi connectivity index (χ3n) is 11.7. The van der Waals surface area contributed by atoms with Crippen LogP contribution in [0.1, 0.15) is 64.9 Å². The molecule has 7 aromatic carbocycles. The molecule has 7 aromatic rings. The molecule has 8 heteroatoms. The number of nitrogens with zero attached hydrogens (tertiary/aromatic N) is 2. The van der Waals surface area contributed by atoms with Crippen molar-refractivity contribution in [2.24, 2.45) is 4.99 Å². The average Bonchev–Trinajstić information content (AvgIpc) is 3.61. The van der Waals surface area contributed by atoms with Crippen LogP contribution < -0.4 is 4.90 Å². The second kappa shape index (κ2) is 17.9. The highest BCUT2D eigenvalue weighted by atomic mass is 31.2. The first kappa shape index (κ1) is 41.6. The topological polar surface area (TPSA) is 61.8 Å². The summed E-state index contributed by atoms with van der Waals surface area (Å²) in [5.74, 6) is -1.02. The molecule has 0 saturated carbocycles.